The first-order chi connectivity index (χ1) is 9.83. The number of amides is 1. The first-order valence-corrected chi connectivity index (χ1v) is 6.52. The number of carbonyl (C=O) groups is 1. The summed E-state index contributed by atoms with van der Waals surface area (Å²) in [5.74, 6) is 0.771. The lowest BCUT2D eigenvalue weighted by Gasteiger charge is -2.14. The molecule has 20 heavy (non-hydrogen) atoms. The van der Waals surface area contributed by atoms with Crippen LogP contribution in [0.1, 0.15) is 17.2 Å². The van der Waals surface area contributed by atoms with Crippen LogP contribution in [0.25, 0.3) is 0 Å². The molecule has 0 aromatic heterocycles. The molecule has 0 aliphatic carbocycles. The fourth-order valence-corrected chi connectivity index (χ4v) is 2.19. The Morgan fingerprint density at radius 2 is 1.85 bits per heavy atom. The SMILES string of the molecule is O=C1NC(c2ccccc2OCc2ccccc2)CO1. The first-order valence-electron chi connectivity index (χ1n) is 6.52. The van der Waals surface area contributed by atoms with Gasteiger partial charge in [0.1, 0.15) is 19.0 Å². The van der Waals surface area contributed by atoms with Crippen LogP contribution in [-0.4, -0.2) is 12.7 Å². The van der Waals surface area contributed by atoms with Crippen LogP contribution in [0.15, 0.2) is 54.6 Å². The zero-order chi connectivity index (χ0) is 13.8. The summed E-state index contributed by atoms with van der Waals surface area (Å²) in [6.07, 6.45) is -0.382. The van der Waals surface area contributed by atoms with Crippen molar-refractivity contribution in [3.8, 4) is 5.75 Å². The second kappa shape index (κ2) is 5.65. The first kappa shape index (κ1) is 12.5. The summed E-state index contributed by atoms with van der Waals surface area (Å²) in [5.41, 5.74) is 2.04. The number of para-hydroxylation sites is 1. The van der Waals surface area contributed by atoms with E-state index in [0.29, 0.717) is 13.2 Å². The summed E-state index contributed by atoms with van der Waals surface area (Å²) in [6, 6.07) is 17.5. The highest BCUT2D eigenvalue weighted by atomic mass is 16.6. The fraction of sp³-hybridized carbons (Fsp3) is 0.188. The molecule has 1 fully saturated rings. The molecule has 1 aliphatic heterocycles. The van der Waals surface area contributed by atoms with Gasteiger partial charge in [-0.2, -0.15) is 0 Å². The Morgan fingerprint density at radius 1 is 1.10 bits per heavy atom. The van der Waals surface area contributed by atoms with Crippen LogP contribution < -0.4 is 10.1 Å². The quantitative estimate of drug-likeness (QED) is 0.928. The number of carbonyl (C=O) groups excluding carboxylic acids is 1. The van der Waals surface area contributed by atoms with Gasteiger partial charge in [0, 0.05) is 5.56 Å². The van der Waals surface area contributed by atoms with E-state index in [1.54, 1.807) is 0 Å². The van der Waals surface area contributed by atoms with E-state index in [1.807, 2.05) is 54.6 Å². The van der Waals surface area contributed by atoms with E-state index >= 15 is 0 Å². The topological polar surface area (TPSA) is 47.6 Å². The van der Waals surface area contributed by atoms with Gasteiger partial charge in [-0.3, -0.25) is 0 Å². The molecule has 1 atom stereocenters. The largest absolute Gasteiger partial charge is 0.489 e. The monoisotopic (exact) mass is 269 g/mol. The number of rotatable bonds is 4. The van der Waals surface area contributed by atoms with Crippen molar-refractivity contribution >= 4 is 6.09 Å². The van der Waals surface area contributed by atoms with Crippen molar-refractivity contribution in [1.29, 1.82) is 0 Å². The van der Waals surface area contributed by atoms with Crippen molar-refractivity contribution in [2.75, 3.05) is 6.61 Å². The lowest BCUT2D eigenvalue weighted by atomic mass is 10.1. The summed E-state index contributed by atoms with van der Waals surface area (Å²) in [5, 5.41) is 2.77. The van der Waals surface area contributed by atoms with Crippen LogP contribution in [-0.2, 0) is 11.3 Å². The number of cyclic esters (lactones) is 1. The van der Waals surface area contributed by atoms with Gasteiger partial charge in [0.15, 0.2) is 0 Å². The molecule has 4 heteroatoms. The molecule has 0 radical (unpaired) electrons. The highest BCUT2D eigenvalue weighted by molar-refractivity contribution is 5.70. The summed E-state index contributed by atoms with van der Waals surface area (Å²) in [6.45, 7) is 0.837. The minimum absolute atomic E-state index is 0.144. The molecule has 1 aliphatic rings. The van der Waals surface area contributed by atoms with Crippen molar-refractivity contribution in [2.24, 2.45) is 0 Å². The number of ether oxygens (including phenoxy) is 2. The fourth-order valence-electron chi connectivity index (χ4n) is 2.19. The maximum Gasteiger partial charge on any atom is 0.407 e. The van der Waals surface area contributed by atoms with E-state index < -0.39 is 0 Å². The van der Waals surface area contributed by atoms with Gasteiger partial charge in [0.25, 0.3) is 0 Å². The van der Waals surface area contributed by atoms with Gasteiger partial charge >= 0.3 is 6.09 Å². The summed E-state index contributed by atoms with van der Waals surface area (Å²) in [7, 11) is 0. The van der Waals surface area contributed by atoms with E-state index in [-0.39, 0.29) is 12.1 Å². The van der Waals surface area contributed by atoms with Crippen LogP contribution in [0, 0.1) is 0 Å². The third-order valence-electron chi connectivity index (χ3n) is 3.20. The smallest absolute Gasteiger partial charge is 0.407 e. The normalized spacial score (nSPS) is 17.4. The van der Waals surface area contributed by atoms with Crippen molar-refractivity contribution in [2.45, 2.75) is 12.6 Å². The molecule has 0 saturated carbocycles. The maximum atomic E-state index is 11.1. The predicted octanol–water partition coefficient (Wildman–Crippen LogP) is 3.05. The molecule has 0 spiro atoms. The van der Waals surface area contributed by atoms with Crippen molar-refractivity contribution in [3.05, 3.63) is 65.7 Å². The molecule has 1 heterocycles. The van der Waals surface area contributed by atoms with Gasteiger partial charge in [-0.05, 0) is 11.6 Å². The molecule has 102 valence electrons. The number of nitrogens with one attached hydrogen (secondary N) is 1. The second-order valence-electron chi connectivity index (χ2n) is 4.61. The molecule has 0 bridgehead atoms. The van der Waals surface area contributed by atoms with Crippen LogP contribution in [0.5, 0.6) is 5.75 Å². The lowest BCUT2D eigenvalue weighted by molar-refractivity contribution is 0.176. The van der Waals surface area contributed by atoms with Crippen molar-refractivity contribution < 1.29 is 14.3 Å². The van der Waals surface area contributed by atoms with Crippen molar-refractivity contribution in [3.63, 3.8) is 0 Å². The van der Waals surface area contributed by atoms with Gasteiger partial charge in [0.05, 0.1) is 6.04 Å². The lowest BCUT2D eigenvalue weighted by Crippen LogP contribution is -2.19. The number of hydrogen-bond donors (Lipinski definition) is 1. The second-order valence-corrected chi connectivity index (χ2v) is 4.61. The van der Waals surface area contributed by atoms with Gasteiger partial charge in [-0.1, -0.05) is 48.5 Å². The third-order valence-corrected chi connectivity index (χ3v) is 3.20. The summed E-state index contributed by atoms with van der Waals surface area (Å²) in [4.78, 5) is 11.1. The van der Waals surface area contributed by atoms with Crippen LogP contribution in [0.2, 0.25) is 0 Å². The Balaban J connectivity index is 1.74. The van der Waals surface area contributed by atoms with Gasteiger partial charge < -0.3 is 14.8 Å². The Morgan fingerprint density at radius 3 is 2.60 bits per heavy atom. The molecule has 1 N–H and O–H groups in total. The average molecular weight is 269 g/mol. The molecule has 2 aromatic rings. The maximum absolute atomic E-state index is 11.1. The average Bonchev–Trinajstić information content (AvgIpc) is 2.93. The highest BCUT2D eigenvalue weighted by Gasteiger charge is 2.26. The van der Waals surface area contributed by atoms with Gasteiger partial charge in [0.2, 0.25) is 0 Å². The number of alkyl carbamates (subject to hydrolysis) is 1. The highest BCUT2D eigenvalue weighted by Crippen LogP contribution is 2.28. The molecule has 4 nitrogen and oxygen atoms in total. The Hall–Kier alpha value is -2.49. The minimum atomic E-state index is -0.382. The number of hydrogen-bond acceptors (Lipinski definition) is 3. The summed E-state index contributed by atoms with van der Waals surface area (Å²) < 4.78 is 10.8. The summed E-state index contributed by atoms with van der Waals surface area (Å²) >= 11 is 0. The Kier molecular flexibility index (Phi) is 3.54. The molecule has 3 rings (SSSR count). The molecule has 1 saturated heterocycles. The third kappa shape index (κ3) is 2.74. The van der Waals surface area contributed by atoms with Gasteiger partial charge in [-0.15, -0.1) is 0 Å². The van der Waals surface area contributed by atoms with Crippen LogP contribution in [0.3, 0.4) is 0 Å². The molecular formula is C16H15NO3. The Bertz CT molecular complexity index is 598. The van der Waals surface area contributed by atoms with E-state index in [0.717, 1.165) is 16.9 Å². The minimum Gasteiger partial charge on any atom is -0.489 e. The Labute approximate surface area is 117 Å². The van der Waals surface area contributed by atoms with Gasteiger partial charge in [-0.25, -0.2) is 4.79 Å². The van der Waals surface area contributed by atoms with E-state index in [2.05, 4.69) is 5.32 Å². The zero-order valence-electron chi connectivity index (χ0n) is 10.9. The number of benzene rings is 2. The van der Waals surface area contributed by atoms with Crippen LogP contribution in [0.4, 0.5) is 4.79 Å². The molecular weight excluding hydrogens is 254 g/mol. The van der Waals surface area contributed by atoms with E-state index in [9.17, 15) is 4.79 Å². The standard InChI is InChI=1S/C16H15NO3/c18-16-17-14(11-20-16)13-8-4-5-9-15(13)19-10-12-6-2-1-3-7-12/h1-9,14H,10-11H2,(H,17,18). The predicted molar refractivity (Wildman–Crippen MR) is 74.4 cm³/mol. The van der Waals surface area contributed by atoms with Crippen LogP contribution >= 0.6 is 0 Å². The van der Waals surface area contributed by atoms with Crippen molar-refractivity contribution in [1.82, 2.24) is 5.32 Å². The molecule has 1 unspecified atom stereocenters. The van der Waals surface area contributed by atoms with E-state index in [1.165, 1.54) is 0 Å². The zero-order valence-corrected chi connectivity index (χ0v) is 10.9. The van der Waals surface area contributed by atoms with E-state index in [4.69, 9.17) is 9.47 Å². The molecule has 2 aromatic carbocycles. The molecule has 1 amide bonds.